The van der Waals surface area contributed by atoms with Gasteiger partial charge in [0.1, 0.15) is 12.1 Å². The molecule has 162 valence electrons. The highest BCUT2D eigenvalue weighted by atomic mass is 127. The van der Waals surface area contributed by atoms with Gasteiger partial charge < -0.3 is 16.0 Å². The van der Waals surface area contributed by atoms with Crippen LogP contribution in [0, 0.1) is 5.92 Å². The van der Waals surface area contributed by atoms with Gasteiger partial charge in [0.2, 0.25) is 0 Å². The van der Waals surface area contributed by atoms with Crippen molar-refractivity contribution in [1.29, 1.82) is 0 Å². The Labute approximate surface area is 190 Å². The second kappa shape index (κ2) is 12.1. The lowest BCUT2D eigenvalue weighted by Gasteiger charge is -2.24. The van der Waals surface area contributed by atoms with Crippen LogP contribution in [0.4, 0.5) is 5.82 Å². The van der Waals surface area contributed by atoms with Crippen molar-refractivity contribution in [3.05, 3.63) is 12.5 Å². The summed E-state index contributed by atoms with van der Waals surface area (Å²) in [6.45, 7) is 3.73. The maximum atomic E-state index is 4.35. The van der Waals surface area contributed by atoms with E-state index in [1.165, 1.54) is 44.9 Å². The third-order valence-corrected chi connectivity index (χ3v) is 5.58. The van der Waals surface area contributed by atoms with Crippen LogP contribution in [0.25, 0.3) is 11.0 Å². The number of rotatable bonds is 8. The number of hydrogen-bond donors (Lipinski definition) is 3. The molecule has 1 fully saturated rings. The summed E-state index contributed by atoms with van der Waals surface area (Å²) in [7, 11) is 3.70. The topological polar surface area (TPSA) is 92.1 Å². The Hall–Kier alpha value is -1.65. The average Bonchev–Trinajstić information content (AvgIpc) is 3.11. The number of nitrogens with one attached hydrogen (secondary N) is 3. The summed E-state index contributed by atoms with van der Waals surface area (Å²) < 4.78 is 1.75. The molecule has 2 heterocycles. The predicted molar refractivity (Wildman–Crippen MR) is 130 cm³/mol. The first-order valence-electron chi connectivity index (χ1n) is 10.5. The third kappa shape index (κ3) is 6.97. The molecular formula is C20H35IN8. The van der Waals surface area contributed by atoms with E-state index in [1.54, 1.807) is 17.2 Å². The quantitative estimate of drug-likeness (QED) is 0.217. The molecule has 29 heavy (non-hydrogen) atoms. The van der Waals surface area contributed by atoms with Crippen LogP contribution in [-0.2, 0) is 7.05 Å². The minimum absolute atomic E-state index is 0. The minimum atomic E-state index is 0. The van der Waals surface area contributed by atoms with E-state index < -0.39 is 0 Å². The van der Waals surface area contributed by atoms with Crippen LogP contribution in [-0.4, -0.2) is 51.9 Å². The standard InChI is InChI=1S/C20H34N8.HI/c1-15(9-10-16-7-5-4-6-8-16)27-20(21-2)23-12-11-22-18-17-13-26-28(3)19(17)25-14-24-18;/h13-16H,4-12H2,1-3H3,(H2,21,23,27)(H,22,24,25);1H. The Bertz CT molecular complexity index is 769. The third-order valence-electron chi connectivity index (χ3n) is 5.58. The van der Waals surface area contributed by atoms with E-state index in [-0.39, 0.29) is 24.0 Å². The molecule has 2 aromatic rings. The molecule has 1 atom stereocenters. The Morgan fingerprint density at radius 2 is 2.03 bits per heavy atom. The van der Waals surface area contributed by atoms with Gasteiger partial charge in [-0.05, 0) is 25.7 Å². The zero-order valence-corrected chi connectivity index (χ0v) is 20.1. The van der Waals surface area contributed by atoms with E-state index in [0.717, 1.165) is 41.8 Å². The molecule has 3 rings (SSSR count). The van der Waals surface area contributed by atoms with Crippen molar-refractivity contribution in [1.82, 2.24) is 30.4 Å². The Balaban J connectivity index is 0.00000300. The van der Waals surface area contributed by atoms with Gasteiger partial charge in [0.15, 0.2) is 11.6 Å². The van der Waals surface area contributed by atoms with Crippen molar-refractivity contribution < 1.29 is 0 Å². The van der Waals surface area contributed by atoms with Crippen molar-refractivity contribution >= 4 is 46.8 Å². The Morgan fingerprint density at radius 3 is 2.79 bits per heavy atom. The maximum absolute atomic E-state index is 4.35. The zero-order valence-electron chi connectivity index (χ0n) is 17.8. The monoisotopic (exact) mass is 514 g/mol. The lowest BCUT2D eigenvalue weighted by atomic mass is 9.85. The molecule has 0 radical (unpaired) electrons. The summed E-state index contributed by atoms with van der Waals surface area (Å²) in [6, 6.07) is 0.429. The van der Waals surface area contributed by atoms with E-state index in [0.29, 0.717) is 6.04 Å². The fourth-order valence-electron chi connectivity index (χ4n) is 3.93. The number of aliphatic imine (C=N–C) groups is 1. The van der Waals surface area contributed by atoms with Crippen LogP contribution in [0.2, 0.25) is 0 Å². The van der Waals surface area contributed by atoms with Crippen LogP contribution in [0.15, 0.2) is 17.5 Å². The van der Waals surface area contributed by atoms with Crippen LogP contribution in [0.5, 0.6) is 0 Å². The number of hydrogen-bond acceptors (Lipinski definition) is 5. The van der Waals surface area contributed by atoms with Crippen molar-refractivity contribution in [3.8, 4) is 0 Å². The smallest absolute Gasteiger partial charge is 0.191 e. The number of aryl methyl sites for hydroxylation is 1. The van der Waals surface area contributed by atoms with Gasteiger partial charge in [-0.25, -0.2) is 9.97 Å². The number of fused-ring (bicyclic) bond motifs is 1. The van der Waals surface area contributed by atoms with Gasteiger partial charge in [-0.1, -0.05) is 32.1 Å². The largest absolute Gasteiger partial charge is 0.368 e. The van der Waals surface area contributed by atoms with Crippen molar-refractivity contribution in [2.75, 3.05) is 25.5 Å². The van der Waals surface area contributed by atoms with E-state index in [1.807, 2.05) is 14.1 Å². The summed E-state index contributed by atoms with van der Waals surface area (Å²) in [5.74, 6) is 2.59. The van der Waals surface area contributed by atoms with Gasteiger partial charge in [0.05, 0.1) is 11.6 Å². The number of guanidine groups is 1. The molecule has 0 saturated heterocycles. The highest BCUT2D eigenvalue weighted by Crippen LogP contribution is 2.27. The molecule has 9 heteroatoms. The van der Waals surface area contributed by atoms with Gasteiger partial charge in [-0.3, -0.25) is 9.67 Å². The second-order valence-electron chi connectivity index (χ2n) is 7.78. The molecule has 1 aliphatic carbocycles. The molecule has 0 aliphatic heterocycles. The maximum Gasteiger partial charge on any atom is 0.191 e. The first-order valence-corrected chi connectivity index (χ1v) is 10.5. The average molecular weight is 514 g/mol. The molecule has 0 spiro atoms. The first kappa shape index (κ1) is 23.6. The molecule has 8 nitrogen and oxygen atoms in total. The van der Waals surface area contributed by atoms with Crippen LogP contribution in [0.1, 0.15) is 51.9 Å². The second-order valence-corrected chi connectivity index (χ2v) is 7.78. The minimum Gasteiger partial charge on any atom is -0.368 e. The van der Waals surface area contributed by atoms with Crippen molar-refractivity contribution in [2.45, 2.75) is 57.9 Å². The molecule has 0 aromatic carbocycles. The molecule has 0 bridgehead atoms. The molecule has 1 saturated carbocycles. The number of nitrogens with zero attached hydrogens (tertiary/aromatic N) is 5. The normalized spacial score (nSPS) is 16.3. The molecule has 1 unspecified atom stereocenters. The summed E-state index contributed by atoms with van der Waals surface area (Å²) in [4.78, 5) is 12.9. The summed E-state index contributed by atoms with van der Waals surface area (Å²) in [5.41, 5.74) is 0.828. The summed E-state index contributed by atoms with van der Waals surface area (Å²) in [6.07, 6.45) is 13.0. The lowest BCUT2D eigenvalue weighted by molar-refractivity contribution is 0.322. The number of anilines is 1. The van der Waals surface area contributed by atoms with Gasteiger partial charge in [0, 0.05) is 33.2 Å². The van der Waals surface area contributed by atoms with Crippen molar-refractivity contribution in [3.63, 3.8) is 0 Å². The van der Waals surface area contributed by atoms with E-state index >= 15 is 0 Å². The highest BCUT2D eigenvalue weighted by Gasteiger charge is 2.15. The van der Waals surface area contributed by atoms with Crippen molar-refractivity contribution in [2.24, 2.45) is 18.0 Å². The first-order chi connectivity index (χ1) is 13.7. The SMILES string of the molecule is CN=C(NCCNc1ncnc2c1cnn2C)NC(C)CCC1CCCCC1.I. The molecule has 1 aliphatic rings. The Kier molecular flexibility index (Phi) is 9.89. The molecule has 2 aromatic heterocycles. The summed E-state index contributed by atoms with van der Waals surface area (Å²) >= 11 is 0. The van der Waals surface area contributed by atoms with Gasteiger partial charge in [-0.2, -0.15) is 5.10 Å². The fraction of sp³-hybridized carbons (Fsp3) is 0.700. The van der Waals surface area contributed by atoms with Crippen LogP contribution >= 0.6 is 24.0 Å². The number of aromatic nitrogens is 4. The highest BCUT2D eigenvalue weighted by molar-refractivity contribution is 14.0. The number of halogens is 1. The van der Waals surface area contributed by atoms with E-state index in [2.05, 4.69) is 42.9 Å². The van der Waals surface area contributed by atoms with Gasteiger partial charge >= 0.3 is 0 Å². The molecule has 3 N–H and O–H groups in total. The van der Waals surface area contributed by atoms with E-state index in [4.69, 9.17) is 0 Å². The fourth-order valence-corrected chi connectivity index (χ4v) is 3.93. The van der Waals surface area contributed by atoms with E-state index in [9.17, 15) is 0 Å². The van der Waals surface area contributed by atoms with Gasteiger partial charge in [0.25, 0.3) is 0 Å². The predicted octanol–water partition coefficient (Wildman–Crippen LogP) is 3.31. The van der Waals surface area contributed by atoms with Crippen LogP contribution in [0.3, 0.4) is 0 Å². The van der Waals surface area contributed by atoms with Crippen LogP contribution < -0.4 is 16.0 Å². The van der Waals surface area contributed by atoms with Gasteiger partial charge in [-0.15, -0.1) is 24.0 Å². The molecule has 0 amide bonds. The molecular weight excluding hydrogens is 479 g/mol. The Morgan fingerprint density at radius 1 is 1.24 bits per heavy atom. The summed E-state index contributed by atoms with van der Waals surface area (Å²) in [5, 5.41) is 15.4. The lowest BCUT2D eigenvalue weighted by Crippen LogP contribution is -2.43. The zero-order chi connectivity index (χ0) is 19.8.